The van der Waals surface area contributed by atoms with Gasteiger partial charge in [0, 0.05) is 25.0 Å². The number of carboxylic acid groups (broad SMARTS) is 1. The molecule has 0 spiro atoms. The summed E-state index contributed by atoms with van der Waals surface area (Å²) in [7, 11) is 1.99. The Morgan fingerprint density at radius 2 is 1.65 bits per heavy atom. The number of nitrogens with zero attached hydrogens (tertiary/aromatic N) is 2. The Bertz CT molecular complexity index is 949. The number of amides is 1. The number of aromatic nitrogens is 1. The fourth-order valence-corrected chi connectivity index (χ4v) is 3.06. The van der Waals surface area contributed by atoms with Gasteiger partial charge in [-0.05, 0) is 45.1 Å². The zero-order chi connectivity index (χ0) is 23.1. The number of halogens is 3. The van der Waals surface area contributed by atoms with E-state index in [4.69, 9.17) is 9.90 Å². The SMILES string of the molecule is CC(=O)O.CN1CCC(C(=O)c2cccc(NC(=O)c3c(F)cc(F)cc3F)n2)CC1. The molecule has 7 nitrogen and oxygen atoms in total. The molecule has 1 fully saturated rings. The third-order valence-corrected chi connectivity index (χ3v) is 4.57. The van der Waals surface area contributed by atoms with Gasteiger partial charge in [0.05, 0.1) is 0 Å². The Hall–Kier alpha value is -3.27. The minimum Gasteiger partial charge on any atom is -0.481 e. The number of benzene rings is 1. The third-order valence-electron chi connectivity index (χ3n) is 4.57. The molecule has 2 aromatic rings. The molecule has 0 unspecified atom stereocenters. The van der Waals surface area contributed by atoms with Gasteiger partial charge in [0.1, 0.15) is 34.5 Å². The van der Waals surface area contributed by atoms with Crippen LogP contribution in [0.15, 0.2) is 30.3 Å². The molecule has 0 bridgehead atoms. The van der Waals surface area contributed by atoms with Crippen LogP contribution in [0, 0.1) is 23.4 Å². The second kappa shape index (κ2) is 10.7. The van der Waals surface area contributed by atoms with Gasteiger partial charge < -0.3 is 15.3 Å². The van der Waals surface area contributed by atoms with Crippen molar-refractivity contribution in [2.24, 2.45) is 5.92 Å². The highest BCUT2D eigenvalue weighted by molar-refractivity contribution is 6.04. The van der Waals surface area contributed by atoms with Gasteiger partial charge in [-0.25, -0.2) is 18.2 Å². The molecule has 1 aliphatic rings. The number of hydrogen-bond donors (Lipinski definition) is 2. The minimum atomic E-state index is -1.32. The summed E-state index contributed by atoms with van der Waals surface area (Å²) in [5.74, 6) is -5.98. The molecule has 31 heavy (non-hydrogen) atoms. The molecule has 1 saturated heterocycles. The number of pyridine rings is 1. The van der Waals surface area contributed by atoms with Crippen LogP contribution in [0.5, 0.6) is 0 Å². The van der Waals surface area contributed by atoms with Crippen LogP contribution in [0.1, 0.15) is 40.6 Å². The van der Waals surface area contributed by atoms with E-state index in [9.17, 15) is 22.8 Å². The molecule has 0 aliphatic carbocycles. The standard InChI is InChI=1S/C19H18F3N3O2.C2H4O2/c1-25-7-5-11(6-8-25)18(26)15-3-2-4-16(23-15)24-19(27)17-13(21)9-12(20)10-14(17)22;1-2(3)4/h2-4,9-11H,5-8H2,1H3,(H,23,24,27);1H3,(H,3,4). The normalized spacial score (nSPS) is 14.4. The lowest BCUT2D eigenvalue weighted by molar-refractivity contribution is -0.134. The first-order chi connectivity index (χ1) is 14.6. The Morgan fingerprint density at radius 3 is 2.19 bits per heavy atom. The van der Waals surface area contributed by atoms with Crippen molar-refractivity contribution < 1.29 is 32.7 Å². The van der Waals surface area contributed by atoms with Crippen molar-refractivity contribution in [2.45, 2.75) is 19.8 Å². The summed E-state index contributed by atoms with van der Waals surface area (Å²) < 4.78 is 40.4. The van der Waals surface area contributed by atoms with Crippen LogP contribution in [0.25, 0.3) is 0 Å². The number of carbonyl (C=O) groups excluding carboxylic acids is 2. The maximum absolute atomic E-state index is 13.7. The molecule has 0 radical (unpaired) electrons. The molecular formula is C21H22F3N3O4. The highest BCUT2D eigenvalue weighted by Crippen LogP contribution is 2.21. The van der Waals surface area contributed by atoms with E-state index in [0.29, 0.717) is 12.1 Å². The summed E-state index contributed by atoms with van der Waals surface area (Å²) in [6.45, 7) is 2.71. The zero-order valence-corrected chi connectivity index (χ0v) is 17.0. The predicted octanol–water partition coefficient (Wildman–Crippen LogP) is 3.37. The largest absolute Gasteiger partial charge is 0.481 e. The summed E-state index contributed by atoms with van der Waals surface area (Å²) in [5.41, 5.74) is -0.729. The molecule has 1 amide bonds. The van der Waals surface area contributed by atoms with E-state index in [1.807, 2.05) is 7.05 Å². The van der Waals surface area contributed by atoms with E-state index >= 15 is 0 Å². The molecule has 1 aromatic carbocycles. The van der Waals surface area contributed by atoms with Gasteiger partial charge in [-0.2, -0.15) is 0 Å². The molecule has 0 saturated carbocycles. The fraction of sp³-hybridized carbons (Fsp3) is 0.333. The molecule has 2 N–H and O–H groups in total. The van der Waals surface area contributed by atoms with E-state index in [-0.39, 0.29) is 23.2 Å². The summed E-state index contributed by atoms with van der Waals surface area (Å²) in [6.07, 6.45) is 1.44. The summed E-state index contributed by atoms with van der Waals surface area (Å²) in [6, 6.07) is 5.32. The summed E-state index contributed by atoms with van der Waals surface area (Å²) in [4.78, 5) is 40.0. The first kappa shape index (κ1) is 24.0. The van der Waals surface area contributed by atoms with Gasteiger partial charge in [0.2, 0.25) is 0 Å². The number of Topliss-reactive ketones (excluding diaryl/α,β-unsaturated/α-hetero) is 1. The van der Waals surface area contributed by atoms with Crippen molar-refractivity contribution >= 4 is 23.5 Å². The van der Waals surface area contributed by atoms with Crippen molar-refractivity contribution in [3.8, 4) is 0 Å². The van der Waals surface area contributed by atoms with Gasteiger partial charge in [-0.1, -0.05) is 6.07 Å². The number of ketones is 1. The number of carbonyl (C=O) groups is 3. The number of likely N-dealkylation sites (tertiary alicyclic amines) is 1. The van der Waals surface area contributed by atoms with E-state index in [0.717, 1.165) is 32.9 Å². The van der Waals surface area contributed by atoms with Crippen molar-refractivity contribution in [3.63, 3.8) is 0 Å². The minimum absolute atomic E-state index is 0.0121. The average Bonchev–Trinajstić information content (AvgIpc) is 2.67. The molecule has 1 aliphatic heterocycles. The van der Waals surface area contributed by atoms with Crippen LogP contribution in [0.2, 0.25) is 0 Å². The number of piperidine rings is 1. The van der Waals surface area contributed by atoms with Gasteiger partial charge >= 0.3 is 0 Å². The molecular weight excluding hydrogens is 415 g/mol. The van der Waals surface area contributed by atoms with Crippen LogP contribution in [0.4, 0.5) is 19.0 Å². The maximum Gasteiger partial charge on any atom is 0.300 e. The van der Waals surface area contributed by atoms with Gasteiger partial charge in [-0.3, -0.25) is 14.4 Å². The molecule has 0 atom stereocenters. The number of rotatable bonds is 4. The van der Waals surface area contributed by atoms with Crippen LogP contribution in [0.3, 0.4) is 0 Å². The molecule has 166 valence electrons. The van der Waals surface area contributed by atoms with E-state index in [1.54, 1.807) is 0 Å². The lowest BCUT2D eigenvalue weighted by atomic mass is 9.91. The third kappa shape index (κ3) is 6.88. The first-order valence-electron chi connectivity index (χ1n) is 9.43. The second-order valence-corrected chi connectivity index (χ2v) is 7.07. The summed E-state index contributed by atoms with van der Waals surface area (Å²) >= 11 is 0. The van der Waals surface area contributed by atoms with Crippen LogP contribution >= 0.6 is 0 Å². The van der Waals surface area contributed by atoms with Crippen LogP contribution in [-0.2, 0) is 4.79 Å². The van der Waals surface area contributed by atoms with E-state index < -0.39 is 34.9 Å². The predicted molar refractivity (Wildman–Crippen MR) is 106 cm³/mol. The van der Waals surface area contributed by atoms with Gasteiger partial charge in [0.15, 0.2) is 5.78 Å². The lowest BCUT2D eigenvalue weighted by Crippen LogP contribution is -2.33. The average molecular weight is 437 g/mol. The Balaban J connectivity index is 0.000000785. The Labute approximate surface area is 176 Å². The number of carboxylic acids is 1. The smallest absolute Gasteiger partial charge is 0.300 e. The van der Waals surface area contributed by atoms with E-state index in [1.165, 1.54) is 18.2 Å². The highest BCUT2D eigenvalue weighted by atomic mass is 19.1. The van der Waals surface area contributed by atoms with Crippen molar-refractivity contribution in [1.82, 2.24) is 9.88 Å². The highest BCUT2D eigenvalue weighted by Gasteiger charge is 2.26. The fourth-order valence-electron chi connectivity index (χ4n) is 3.06. The monoisotopic (exact) mass is 437 g/mol. The molecule has 3 rings (SSSR count). The zero-order valence-electron chi connectivity index (χ0n) is 17.0. The van der Waals surface area contributed by atoms with Gasteiger partial charge in [0.25, 0.3) is 11.9 Å². The topological polar surface area (TPSA) is 99.6 Å². The van der Waals surface area contributed by atoms with E-state index in [2.05, 4.69) is 15.2 Å². The van der Waals surface area contributed by atoms with Crippen molar-refractivity contribution in [1.29, 1.82) is 0 Å². The Morgan fingerprint density at radius 1 is 1.10 bits per heavy atom. The summed E-state index contributed by atoms with van der Waals surface area (Å²) in [5, 5.41) is 9.67. The number of nitrogens with one attached hydrogen (secondary N) is 1. The first-order valence-corrected chi connectivity index (χ1v) is 9.43. The van der Waals surface area contributed by atoms with Crippen LogP contribution < -0.4 is 5.32 Å². The number of aliphatic carboxylic acids is 1. The number of anilines is 1. The van der Waals surface area contributed by atoms with Gasteiger partial charge in [-0.15, -0.1) is 0 Å². The Kier molecular flexibility index (Phi) is 8.26. The van der Waals surface area contributed by atoms with Crippen molar-refractivity contribution in [3.05, 3.63) is 59.0 Å². The lowest BCUT2D eigenvalue weighted by Gasteiger charge is -2.27. The van der Waals surface area contributed by atoms with Crippen LogP contribution in [-0.4, -0.2) is 52.8 Å². The second-order valence-electron chi connectivity index (χ2n) is 7.07. The number of hydrogen-bond acceptors (Lipinski definition) is 5. The maximum atomic E-state index is 13.7. The molecule has 1 aromatic heterocycles. The molecule has 10 heteroatoms. The molecule has 2 heterocycles. The van der Waals surface area contributed by atoms with Crippen molar-refractivity contribution in [2.75, 3.05) is 25.5 Å². The quantitative estimate of drug-likeness (QED) is 0.712.